The number of aliphatic carboxylic acids is 1. The number of carbonyl (C=O) groups excluding carboxylic acids is 1. The van der Waals surface area contributed by atoms with Crippen molar-refractivity contribution in [3.05, 3.63) is 11.6 Å². The van der Waals surface area contributed by atoms with Crippen molar-refractivity contribution in [3.8, 4) is 0 Å². The van der Waals surface area contributed by atoms with Crippen molar-refractivity contribution in [1.82, 2.24) is 4.90 Å². The number of rotatable bonds is 1. The number of hydrogen-bond acceptors (Lipinski definition) is 3. The Balaban J connectivity index is 2.85. The first-order valence-corrected chi connectivity index (χ1v) is 5.61. The van der Waals surface area contributed by atoms with E-state index in [2.05, 4.69) is 0 Å². The van der Waals surface area contributed by atoms with E-state index in [9.17, 15) is 9.59 Å². The number of amides is 1. The molecule has 0 aromatic carbocycles. The molecule has 17 heavy (non-hydrogen) atoms. The summed E-state index contributed by atoms with van der Waals surface area (Å²) >= 11 is 0. The molecule has 0 bridgehead atoms. The molecule has 0 spiro atoms. The molecule has 1 unspecified atom stereocenters. The van der Waals surface area contributed by atoms with Crippen molar-refractivity contribution in [2.75, 3.05) is 6.54 Å². The summed E-state index contributed by atoms with van der Waals surface area (Å²) in [4.78, 5) is 24.3. The summed E-state index contributed by atoms with van der Waals surface area (Å²) in [5.41, 5.74) is 0.0597. The average molecular weight is 241 g/mol. The molecule has 5 heteroatoms. The second kappa shape index (κ2) is 4.77. The fourth-order valence-electron chi connectivity index (χ4n) is 1.76. The first-order chi connectivity index (χ1) is 7.72. The van der Waals surface area contributed by atoms with Crippen molar-refractivity contribution in [2.24, 2.45) is 0 Å². The van der Waals surface area contributed by atoms with Crippen molar-refractivity contribution in [1.29, 1.82) is 0 Å². The fourth-order valence-corrected chi connectivity index (χ4v) is 1.76. The van der Waals surface area contributed by atoms with Gasteiger partial charge in [-0.05, 0) is 39.7 Å². The smallest absolute Gasteiger partial charge is 0.411 e. The van der Waals surface area contributed by atoms with Crippen LogP contribution in [0.25, 0.3) is 0 Å². The van der Waals surface area contributed by atoms with Crippen LogP contribution >= 0.6 is 0 Å². The molecule has 0 saturated heterocycles. The van der Waals surface area contributed by atoms with E-state index in [0.29, 0.717) is 18.5 Å². The summed E-state index contributed by atoms with van der Waals surface area (Å²) in [6.07, 6.45) is 1.94. The van der Waals surface area contributed by atoms with Crippen LogP contribution in [-0.4, -0.2) is 40.3 Å². The zero-order valence-corrected chi connectivity index (χ0v) is 10.7. The minimum absolute atomic E-state index is 0.378. The maximum Gasteiger partial charge on any atom is 0.411 e. The Kier molecular flexibility index (Phi) is 3.80. The first kappa shape index (κ1) is 13.5. The van der Waals surface area contributed by atoms with Gasteiger partial charge in [-0.15, -0.1) is 0 Å². The number of carbonyl (C=O) groups is 2. The van der Waals surface area contributed by atoms with Crippen LogP contribution in [0.15, 0.2) is 11.6 Å². The fraction of sp³-hybridized carbons (Fsp3) is 0.667. The maximum absolute atomic E-state index is 11.9. The lowest BCUT2D eigenvalue weighted by molar-refractivity contribution is -0.141. The predicted molar refractivity (Wildman–Crippen MR) is 62.7 cm³/mol. The van der Waals surface area contributed by atoms with Gasteiger partial charge < -0.3 is 9.84 Å². The summed E-state index contributed by atoms with van der Waals surface area (Å²) in [5, 5.41) is 9.14. The Bertz CT molecular complexity index is 354. The topological polar surface area (TPSA) is 66.8 Å². The Morgan fingerprint density at radius 2 is 2.06 bits per heavy atom. The molecule has 1 atom stereocenters. The SMILES string of the molecule is CC1=CCCN(C(=O)OC(C)(C)C)C1C(=O)O. The largest absolute Gasteiger partial charge is 0.479 e. The predicted octanol–water partition coefficient (Wildman–Crippen LogP) is 2.03. The Labute approximate surface area is 101 Å². The molecule has 5 nitrogen and oxygen atoms in total. The normalized spacial score (nSPS) is 20.8. The summed E-state index contributed by atoms with van der Waals surface area (Å²) < 4.78 is 5.20. The van der Waals surface area contributed by atoms with Gasteiger partial charge in [0.2, 0.25) is 0 Å². The van der Waals surface area contributed by atoms with E-state index < -0.39 is 23.7 Å². The van der Waals surface area contributed by atoms with Crippen molar-refractivity contribution in [2.45, 2.75) is 45.8 Å². The van der Waals surface area contributed by atoms with Crippen LogP contribution in [-0.2, 0) is 9.53 Å². The van der Waals surface area contributed by atoms with Gasteiger partial charge in [0, 0.05) is 6.54 Å². The van der Waals surface area contributed by atoms with Crippen LogP contribution in [0.2, 0.25) is 0 Å². The molecule has 0 saturated carbocycles. The molecule has 1 N–H and O–H groups in total. The number of ether oxygens (including phenoxy) is 1. The van der Waals surface area contributed by atoms with Gasteiger partial charge in [0.15, 0.2) is 6.04 Å². The highest BCUT2D eigenvalue weighted by atomic mass is 16.6. The lowest BCUT2D eigenvalue weighted by atomic mass is 10.0. The van der Waals surface area contributed by atoms with E-state index in [1.807, 2.05) is 6.08 Å². The Morgan fingerprint density at radius 3 is 2.53 bits per heavy atom. The zero-order valence-electron chi connectivity index (χ0n) is 10.7. The Hall–Kier alpha value is -1.52. The lowest BCUT2D eigenvalue weighted by Crippen LogP contribution is -2.49. The van der Waals surface area contributed by atoms with E-state index in [-0.39, 0.29) is 0 Å². The highest BCUT2D eigenvalue weighted by molar-refractivity contribution is 5.83. The standard InChI is InChI=1S/C12H19NO4/c1-8-6-5-7-13(9(8)10(14)15)11(16)17-12(2,3)4/h6,9H,5,7H2,1-4H3,(H,14,15). The summed E-state index contributed by atoms with van der Waals surface area (Å²) in [5.74, 6) is -1.02. The van der Waals surface area contributed by atoms with E-state index >= 15 is 0 Å². The molecule has 0 aliphatic carbocycles. The third-order valence-electron chi connectivity index (χ3n) is 2.44. The second-order valence-corrected chi connectivity index (χ2v) is 5.15. The van der Waals surface area contributed by atoms with Gasteiger partial charge in [-0.25, -0.2) is 9.59 Å². The van der Waals surface area contributed by atoms with E-state index in [0.717, 1.165) is 0 Å². The average Bonchev–Trinajstić information content (AvgIpc) is 2.13. The van der Waals surface area contributed by atoms with Crippen molar-refractivity contribution in [3.63, 3.8) is 0 Å². The highest BCUT2D eigenvalue weighted by Gasteiger charge is 2.35. The minimum atomic E-state index is -1.02. The van der Waals surface area contributed by atoms with Crippen molar-refractivity contribution < 1.29 is 19.4 Å². The summed E-state index contributed by atoms with van der Waals surface area (Å²) in [6.45, 7) is 7.37. The molecule has 0 fully saturated rings. The van der Waals surface area contributed by atoms with E-state index in [1.54, 1.807) is 27.7 Å². The third-order valence-corrected chi connectivity index (χ3v) is 2.44. The van der Waals surface area contributed by atoms with E-state index in [1.165, 1.54) is 4.90 Å². The lowest BCUT2D eigenvalue weighted by Gasteiger charge is -2.34. The molecule has 1 heterocycles. The van der Waals surface area contributed by atoms with Gasteiger partial charge in [0.25, 0.3) is 0 Å². The molecule has 0 aromatic heterocycles. The first-order valence-electron chi connectivity index (χ1n) is 5.61. The molecular formula is C12H19NO4. The van der Waals surface area contributed by atoms with Crippen molar-refractivity contribution >= 4 is 12.1 Å². The second-order valence-electron chi connectivity index (χ2n) is 5.15. The molecule has 96 valence electrons. The quantitative estimate of drug-likeness (QED) is 0.713. The number of carboxylic acids is 1. The van der Waals surface area contributed by atoms with Gasteiger partial charge >= 0.3 is 12.1 Å². The van der Waals surface area contributed by atoms with Gasteiger partial charge in [-0.3, -0.25) is 4.90 Å². The third kappa shape index (κ3) is 3.47. The zero-order chi connectivity index (χ0) is 13.2. The van der Waals surface area contributed by atoms with Crippen LogP contribution in [0.5, 0.6) is 0 Å². The monoisotopic (exact) mass is 241 g/mol. The van der Waals surface area contributed by atoms with E-state index in [4.69, 9.17) is 9.84 Å². The molecular weight excluding hydrogens is 222 g/mol. The summed E-state index contributed by atoms with van der Waals surface area (Å²) in [7, 11) is 0. The number of hydrogen-bond donors (Lipinski definition) is 1. The van der Waals surface area contributed by atoms with Crippen LogP contribution in [0.1, 0.15) is 34.1 Å². The van der Waals surface area contributed by atoms with Crippen LogP contribution in [0, 0.1) is 0 Å². The molecule has 1 aliphatic rings. The highest BCUT2D eigenvalue weighted by Crippen LogP contribution is 2.21. The van der Waals surface area contributed by atoms with Crippen LogP contribution in [0.4, 0.5) is 4.79 Å². The number of carboxylic acid groups (broad SMARTS) is 1. The maximum atomic E-state index is 11.9. The van der Waals surface area contributed by atoms with Gasteiger partial charge in [0.1, 0.15) is 5.60 Å². The molecule has 0 radical (unpaired) electrons. The number of nitrogens with zero attached hydrogens (tertiary/aromatic N) is 1. The van der Waals surface area contributed by atoms with Gasteiger partial charge in [-0.1, -0.05) is 6.08 Å². The molecule has 0 aromatic rings. The minimum Gasteiger partial charge on any atom is -0.479 e. The summed E-state index contributed by atoms with van der Waals surface area (Å²) in [6, 6.07) is -0.904. The molecule has 1 rings (SSSR count). The van der Waals surface area contributed by atoms with Crippen LogP contribution < -0.4 is 0 Å². The van der Waals surface area contributed by atoms with Crippen LogP contribution in [0.3, 0.4) is 0 Å². The molecule has 1 aliphatic heterocycles. The Morgan fingerprint density at radius 1 is 1.47 bits per heavy atom. The van der Waals surface area contributed by atoms with Gasteiger partial charge in [0.05, 0.1) is 0 Å². The van der Waals surface area contributed by atoms with Gasteiger partial charge in [-0.2, -0.15) is 0 Å². The molecule has 1 amide bonds.